The summed E-state index contributed by atoms with van der Waals surface area (Å²) in [6.07, 6.45) is 1.15. The molecule has 1 amide bonds. The van der Waals surface area contributed by atoms with Crippen molar-refractivity contribution in [1.82, 2.24) is 9.62 Å². The second kappa shape index (κ2) is 5.35. The summed E-state index contributed by atoms with van der Waals surface area (Å²) in [5, 5.41) is 3.72. The molecular formula is C13H18N2O4S2. The lowest BCUT2D eigenvalue weighted by molar-refractivity contribution is 0.0722. The average Bonchev–Trinajstić information content (AvgIpc) is 3.10. The van der Waals surface area contributed by atoms with Crippen LogP contribution in [0.4, 0.5) is 0 Å². The van der Waals surface area contributed by atoms with Crippen LogP contribution in [0.3, 0.4) is 0 Å². The highest BCUT2D eigenvalue weighted by Gasteiger charge is 2.52. The van der Waals surface area contributed by atoms with Gasteiger partial charge in [-0.3, -0.25) is 4.79 Å². The summed E-state index contributed by atoms with van der Waals surface area (Å²) in [6.45, 7) is 2.56. The number of hydrogen-bond acceptors (Lipinski definition) is 5. The molecule has 3 heterocycles. The molecule has 1 aromatic heterocycles. The van der Waals surface area contributed by atoms with Gasteiger partial charge in [-0.1, -0.05) is 0 Å². The predicted molar refractivity (Wildman–Crippen MR) is 79.8 cm³/mol. The number of nitrogens with zero attached hydrogens (tertiary/aromatic N) is 1. The molecule has 0 aliphatic carbocycles. The van der Waals surface area contributed by atoms with Gasteiger partial charge in [0.1, 0.15) is 0 Å². The maximum absolute atomic E-state index is 12.4. The van der Waals surface area contributed by atoms with Crippen LogP contribution >= 0.6 is 11.3 Å². The number of sulfonamides is 1. The first kappa shape index (κ1) is 15.0. The zero-order chi connectivity index (χ0) is 15.1. The fourth-order valence-electron chi connectivity index (χ4n) is 3.08. The van der Waals surface area contributed by atoms with Gasteiger partial charge in [-0.2, -0.15) is 11.3 Å². The number of ether oxygens (including phenoxy) is 1. The molecule has 2 fully saturated rings. The number of carbonyl (C=O) groups excluding carboxylic acids is 1. The molecule has 0 saturated carbocycles. The van der Waals surface area contributed by atoms with Crippen molar-refractivity contribution in [3.8, 4) is 0 Å². The Bertz CT molecular complexity index is 629. The van der Waals surface area contributed by atoms with E-state index in [1.54, 1.807) is 0 Å². The third-order valence-corrected chi connectivity index (χ3v) is 5.61. The van der Waals surface area contributed by atoms with E-state index >= 15 is 0 Å². The Kier molecular flexibility index (Phi) is 3.81. The summed E-state index contributed by atoms with van der Waals surface area (Å²) in [5.74, 6) is 0.207. The summed E-state index contributed by atoms with van der Waals surface area (Å²) in [4.78, 5) is 14.3. The topological polar surface area (TPSA) is 75.7 Å². The van der Waals surface area contributed by atoms with Crippen LogP contribution in [0.2, 0.25) is 0 Å². The van der Waals surface area contributed by atoms with Gasteiger partial charge in [0.25, 0.3) is 5.91 Å². The van der Waals surface area contributed by atoms with Crippen LogP contribution in [0, 0.1) is 11.3 Å². The van der Waals surface area contributed by atoms with Gasteiger partial charge in [0.15, 0.2) is 0 Å². The summed E-state index contributed by atoms with van der Waals surface area (Å²) < 4.78 is 30.8. The third kappa shape index (κ3) is 2.98. The highest BCUT2D eigenvalue weighted by atomic mass is 32.2. The number of carbonyl (C=O) groups is 1. The van der Waals surface area contributed by atoms with Crippen molar-refractivity contribution in [2.45, 2.75) is 0 Å². The normalized spacial score (nSPS) is 28.8. The summed E-state index contributed by atoms with van der Waals surface area (Å²) in [7, 11) is -3.24. The smallest absolute Gasteiger partial charge is 0.254 e. The van der Waals surface area contributed by atoms with Crippen molar-refractivity contribution < 1.29 is 17.9 Å². The Labute approximate surface area is 128 Å². The first-order valence-corrected chi connectivity index (χ1v) is 9.57. The van der Waals surface area contributed by atoms with E-state index in [1.807, 2.05) is 21.7 Å². The van der Waals surface area contributed by atoms with Gasteiger partial charge in [0, 0.05) is 36.3 Å². The lowest BCUT2D eigenvalue weighted by Gasteiger charge is -2.26. The number of thiophene rings is 1. The van der Waals surface area contributed by atoms with E-state index in [4.69, 9.17) is 4.74 Å². The molecular weight excluding hydrogens is 312 g/mol. The largest absolute Gasteiger partial charge is 0.380 e. The molecule has 0 bridgehead atoms. The molecule has 2 atom stereocenters. The number of likely N-dealkylation sites (tertiary alicyclic amines) is 1. The van der Waals surface area contributed by atoms with Gasteiger partial charge < -0.3 is 9.64 Å². The van der Waals surface area contributed by atoms with Crippen LogP contribution in [-0.4, -0.2) is 58.3 Å². The second-order valence-electron chi connectivity index (χ2n) is 5.87. The van der Waals surface area contributed by atoms with E-state index in [0.29, 0.717) is 38.4 Å². The van der Waals surface area contributed by atoms with Crippen molar-refractivity contribution in [1.29, 1.82) is 0 Å². The van der Waals surface area contributed by atoms with Crippen molar-refractivity contribution in [2.75, 3.05) is 39.1 Å². The number of fused-ring (bicyclic) bond motifs is 1. The Morgan fingerprint density at radius 2 is 2.43 bits per heavy atom. The monoisotopic (exact) mass is 330 g/mol. The van der Waals surface area contributed by atoms with E-state index in [-0.39, 0.29) is 17.2 Å². The Balaban J connectivity index is 1.74. The molecule has 0 aromatic carbocycles. The molecule has 2 saturated heterocycles. The van der Waals surface area contributed by atoms with Crippen LogP contribution in [0.15, 0.2) is 16.8 Å². The van der Waals surface area contributed by atoms with Crippen molar-refractivity contribution >= 4 is 27.3 Å². The first-order valence-electron chi connectivity index (χ1n) is 6.73. The summed E-state index contributed by atoms with van der Waals surface area (Å²) >= 11 is 1.50. The SMILES string of the molecule is CS(=O)(=O)NC[C@@]12COC[C@@H]1CN(C(=O)c1ccsc1)C2. The molecule has 0 radical (unpaired) electrons. The molecule has 0 spiro atoms. The third-order valence-electron chi connectivity index (χ3n) is 4.26. The maximum Gasteiger partial charge on any atom is 0.254 e. The standard InChI is InChI=1S/C13H18N2O4S2/c1-21(17,18)14-7-13-8-15(4-11(13)5-19-9-13)12(16)10-2-3-20-6-10/h2-3,6,11,14H,4-5,7-9H2,1H3/t11-,13+/m0/s1. The molecule has 1 aromatic rings. The molecule has 2 aliphatic heterocycles. The number of amides is 1. The van der Waals surface area contributed by atoms with Gasteiger partial charge in [0.05, 0.1) is 25.0 Å². The van der Waals surface area contributed by atoms with Crippen LogP contribution in [0.5, 0.6) is 0 Å². The fraction of sp³-hybridized carbons (Fsp3) is 0.615. The molecule has 0 unspecified atom stereocenters. The fourth-order valence-corrected chi connectivity index (χ4v) is 4.26. The molecule has 6 nitrogen and oxygen atoms in total. The van der Waals surface area contributed by atoms with Gasteiger partial charge >= 0.3 is 0 Å². The van der Waals surface area contributed by atoms with Crippen molar-refractivity contribution in [2.24, 2.45) is 11.3 Å². The van der Waals surface area contributed by atoms with Crippen LogP contribution < -0.4 is 4.72 Å². The average molecular weight is 330 g/mol. The van der Waals surface area contributed by atoms with E-state index in [1.165, 1.54) is 11.3 Å². The van der Waals surface area contributed by atoms with E-state index in [0.717, 1.165) is 6.26 Å². The Hall–Kier alpha value is -0.960. The molecule has 8 heteroatoms. The number of nitrogens with one attached hydrogen (secondary N) is 1. The minimum absolute atomic E-state index is 0.0179. The highest BCUT2D eigenvalue weighted by molar-refractivity contribution is 7.88. The zero-order valence-corrected chi connectivity index (χ0v) is 13.4. The summed E-state index contributed by atoms with van der Waals surface area (Å²) in [5.41, 5.74) is 0.404. The Morgan fingerprint density at radius 3 is 3.10 bits per heavy atom. The molecule has 2 aliphatic rings. The van der Waals surface area contributed by atoms with Crippen LogP contribution in [-0.2, 0) is 14.8 Å². The Morgan fingerprint density at radius 1 is 1.62 bits per heavy atom. The second-order valence-corrected chi connectivity index (χ2v) is 8.48. The van der Waals surface area contributed by atoms with Crippen LogP contribution in [0.1, 0.15) is 10.4 Å². The van der Waals surface area contributed by atoms with Gasteiger partial charge in [-0.05, 0) is 11.4 Å². The number of hydrogen-bond donors (Lipinski definition) is 1. The quantitative estimate of drug-likeness (QED) is 0.866. The first-order chi connectivity index (χ1) is 9.90. The minimum atomic E-state index is -3.24. The molecule has 21 heavy (non-hydrogen) atoms. The lowest BCUT2D eigenvalue weighted by Crippen LogP contribution is -2.43. The zero-order valence-electron chi connectivity index (χ0n) is 11.7. The predicted octanol–water partition coefficient (Wildman–Crippen LogP) is 0.386. The highest BCUT2D eigenvalue weighted by Crippen LogP contribution is 2.41. The number of rotatable bonds is 4. The molecule has 1 N–H and O–H groups in total. The van der Waals surface area contributed by atoms with E-state index in [9.17, 15) is 13.2 Å². The van der Waals surface area contributed by atoms with E-state index in [2.05, 4.69) is 4.72 Å². The van der Waals surface area contributed by atoms with Crippen molar-refractivity contribution in [3.05, 3.63) is 22.4 Å². The van der Waals surface area contributed by atoms with Gasteiger partial charge in [-0.25, -0.2) is 13.1 Å². The van der Waals surface area contributed by atoms with Gasteiger partial charge in [-0.15, -0.1) is 0 Å². The van der Waals surface area contributed by atoms with Gasteiger partial charge in [0.2, 0.25) is 10.0 Å². The lowest BCUT2D eigenvalue weighted by atomic mass is 9.81. The van der Waals surface area contributed by atoms with Crippen LogP contribution in [0.25, 0.3) is 0 Å². The summed E-state index contributed by atoms with van der Waals surface area (Å²) in [6, 6.07) is 1.82. The maximum atomic E-state index is 12.4. The van der Waals surface area contributed by atoms with Crippen molar-refractivity contribution in [3.63, 3.8) is 0 Å². The molecule has 3 rings (SSSR count). The van der Waals surface area contributed by atoms with E-state index < -0.39 is 10.0 Å². The minimum Gasteiger partial charge on any atom is -0.380 e. The molecule has 116 valence electrons.